The van der Waals surface area contributed by atoms with Crippen molar-refractivity contribution in [2.24, 2.45) is 0 Å². The van der Waals surface area contributed by atoms with Gasteiger partial charge in [-0.3, -0.25) is 4.79 Å². The highest BCUT2D eigenvalue weighted by Crippen LogP contribution is 2.39. The molecule has 0 aliphatic rings. The van der Waals surface area contributed by atoms with Crippen LogP contribution in [0, 0.1) is 5.82 Å². The first-order chi connectivity index (χ1) is 12.7. The zero-order chi connectivity index (χ0) is 19.8. The van der Waals surface area contributed by atoms with Crippen LogP contribution in [0.15, 0.2) is 41.0 Å². The number of hydrogen-bond donors (Lipinski definition) is 0. The summed E-state index contributed by atoms with van der Waals surface area (Å²) in [5.41, 5.74) is -0.260. The molecule has 0 atom stereocenters. The molecular weight excluding hydrogens is 392 g/mol. The summed E-state index contributed by atoms with van der Waals surface area (Å²) in [6.07, 6.45) is -3.42. The van der Waals surface area contributed by atoms with Gasteiger partial charge in [0.15, 0.2) is 11.6 Å². The van der Waals surface area contributed by atoms with Gasteiger partial charge in [0.05, 0.1) is 30.4 Å². The maximum absolute atomic E-state index is 14.1. The Morgan fingerprint density at radius 1 is 1.22 bits per heavy atom. The summed E-state index contributed by atoms with van der Waals surface area (Å²) >= 11 is 5.76. The van der Waals surface area contributed by atoms with Gasteiger partial charge in [-0.25, -0.2) is 4.39 Å². The molecular formula is C18H11ClF4O4. The molecule has 0 aliphatic heterocycles. The Morgan fingerprint density at radius 2 is 1.96 bits per heavy atom. The van der Waals surface area contributed by atoms with Crippen LogP contribution in [0.2, 0.25) is 5.02 Å². The van der Waals surface area contributed by atoms with Gasteiger partial charge in [-0.15, -0.1) is 0 Å². The second kappa shape index (κ2) is 7.11. The fraction of sp³-hybridized carbons (Fsp3) is 0.167. The molecule has 2 aromatic carbocycles. The average molecular weight is 403 g/mol. The lowest BCUT2D eigenvalue weighted by Gasteiger charge is -2.12. The summed E-state index contributed by atoms with van der Waals surface area (Å²) in [7, 11) is 1.24. The molecule has 0 N–H and O–H groups in total. The van der Waals surface area contributed by atoms with E-state index in [1.54, 1.807) is 0 Å². The van der Waals surface area contributed by atoms with E-state index in [1.165, 1.54) is 31.6 Å². The van der Waals surface area contributed by atoms with Crippen molar-refractivity contribution in [1.82, 2.24) is 0 Å². The quantitative estimate of drug-likeness (QED) is 0.411. The normalized spacial score (nSPS) is 11.6. The van der Waals surface area contributed by atoms with Crippen LogP contribution in [0.25, 0.3) is 11.0 Å². The first-order valence-electron chi connectivity index (χ1n) is 7.50. The second-order valence-corrected chi connectivity index (χ2v) is 5.95. The van der Waals surface area contributed by atoms with Gasteiger partial charge in [0.2, 0.25) is 0 Å². The summed E-state index contributed by atoms with van der Waals surface area (Å²) < 4.78 is 67.5. The van der Waals surface area contributed by atoms with Crippen LogP contribution in [-0.4, -0.2) is 13.1 Å². The fourth-order valence-corrected chi connectivity index (χ4v) is 2.67. The Hall–Kier alpha value is -2.74. The smallest absolute Gasteiger partial charge is 0.416 e. The van der Waals surface area contributed by atoms with E-state index in [0.29, 0.717) is 28.7 Å². The van der Waals surface area contributed by atoms with E-state index in [0.717, 1.165) is 0 Å². The number of methoxy groups -OCH3 is 1. The Kier molecular flexibility index (Phi) is 5.01. The lowest BCUT2D eigenvalue weighted by atomic mass is 10.1. The molecule has 0 fully saturated rings. The molecule has 0 unspecified atom stereocenters. The van der Waals surface area contributed by atoms with Crippen molar-refractivity contribution < 1.29 is 36.2 Å². The number of rotatable bonds is 4. The van der Waals surface area contributed by atoms with Crippen molar-refractivity contribution in [2.75, 3.05) is 7.11 Å². The molecule has 3 aromatic rings. The van der Waals surface area contributed by atoms with Crippen LogP contribution in [0.5, 0.6) is 11.5 Å². The molecule has 0 saturated heterocycles. The Bertz CT molecular complexity index is 987. The molecule has 27 heavy (non-hydrogen) atoms. The molecule has 142 valence electrons. The van der Waals surface area contributed by atoms with Gasteiger partial charge in [-0.1, -0.05) is 11.6 Å². The number of benzene rings is 2. The molecule has 1 heterocycles. The Labute approximate surface area is 155 Å². The topological polar surface area (TPSA) is 48.7 Å². The lowest BCUT2D eigenvalue weighted by molar-refractivity contribution is -0.140. The van der Waals surface area contributed by atoms with Crippen molar-refractivity contribution in [3.05, 3.63) is 58.6 Å². The molecule has 9 heteroatoms. The zero-order valence-corrected chi connectivity index (χ0v) is 14.4. The van der Waals surface area contributed by atoms with E-state index in [9.17, 15) is 22.4 Å². The fourth-order valence-electron chi connectivity index (χ4n) is 2.43. The molecule has 0 spiro atoms. The summed E-state index contributed by atoms with van der Waals surface area (Å²) in [6, 6.07) is 5.30. The molecule has 4 nitrogen and oxygen atoms in total. The van der Waals surface area contributed by atoms with E-state index >= 15 is 0 Å². The van der Waals surface area contributed by atoms with Crippen LogP contribution < -0.4 is 4.74 Å². The van der Waals surface area contributed by atoms with Gasteiger partial charge < -0.3 is 13.9 Å². The minimum atomic E-state index is -4.73. The third-order valence-corrected chi connectivity index (χ3v) is 4.01. The van der Waals surface area contributed by atoms with Crippen molar-refractivity contribution in [1.29, 1.82) is 0 Å². The number of esters is 1. The number of alkyl halides is 3. The molecule has 0 saturated carbocycles. The van der Waals surface area contributed by atoms with Crippen LogP contribution >= 0.6 is 11.6 Å². The highest BCUT2D eigenvalue weighted by Gasteiger charge is 2.32. The predicted molar refractivity (Wildman–Crippen MR) is 88.4 cm³/mol. The van der Waals surface area contributed by atoms with Crippen molar-refractivity contribution in [3.63, 3.8) is 0 Å². The molecule has 0 amide bonds. The minimum Gasteiger partial charge on any atom is -0.469 e. The number of halogens is 5. The molecule has 1 aromatic heterocycles. The number of carbonyl (C=O) groups is 1. The number of furan rings is 1. The number of fused-ring (bicyclic) bond motifs is 1. The van der Waals surface area contributed by atoms with Crippen LogP contribution in [0.1, 0.15) is 11.1 Å². The van der Waals surface area contributed by atoms with Gasteiger partial charge in [-0.05, 0) is 30.3 Å². The summed E-state index contributed by atoms with van der Waals surface area (Å²) in [6.45, 7) is 0. The first kappa shape index (κ1) is 19.0. The van der Waals surface area contributed by atoms with Crippen molar-refractivity contribution in [2.45, 2.75) is 12.6 Å². The minimum absolute atomic E-state index is 0.0532. The van der Waals surface area contributed by atoms with E-state index in [-0.39, 0.29) is 12.2 Å². The Balaban J connectivity index is 1.95. The van der Waals surface area contributed by atoms with Gasteiger partial charge in [0.25, 0.3) is 0 Å². The average Bonchev–Trinajstić information content (AvgIpc) is 2.99. The third-order valence-electron chi connectivity index (χ3n) is 3.73. The molecule has 0 radical (unpaired) electrons. The number of ether oxygens (including phenoxy) is 2. The van der Waals surface area contributed by atoms with Gasteiger partial charge in [-0.2, -0.15) is 13.2 Å². The van der Waals surface area contributed by atoms with Gasteiger partial charge in [0, 0.05) is 10.9 Å². The van der Waals surface area contributed by atoms with Crippen LogP contribution in [0.4, 0.5) is 17.6 Å². The SMILES string of the molecule is COC(=O)Cc1coc2ccc(Oc3c(F)cc(C(F)(F)F)cc3Cl)cc12. The zero-order valence-electron chi connectivity index (χ0n) is 13.7. The van der Waals surface area contributed by atoms with Crippen LogP contribution in [-0.2, 0) is 22.1 Å². The molecule has 3 rings (SSSR count). The number of carbonyl (C=O) groups excluding carboxylic acids is 1. The third kappa shape index (κ3) is 4.00. The summed E-state index contributed by atoms with van der Waals surface area (Å²) in [5.74, 6) is -2.17. The monoisotopic (exact) mass is 402 g/mol. The maximum atomic E-state index is 14.1. The first-order valence-corrected chi connectivity index (χ1v) is 7.88. The van der Waals surface area contributed by atoms with E-state index in [1.807, 2.05) is 0 Å². The maximum Gasteiger partial charge on any atom is 0.416 e. The molecule has 0 bridgehead atoms. The molecule has 0 aliphatic carbocycles. The number of hydrogen-bond acceptors (Lipinski definition) is 4. The van der Waals surface area contributed by atoms with E-state index in [4.69, 9.17) is 20.8 Å². The van der Waals surface area contributed by atoms with Crippen molar-refractivity contribution in [3.8, 4) is 11.5 Å². The second-order valence-electron chi connectivity index (χ2n) is 5.54. The highest BCUT2D eigenvalue weighted by molar-refractivity contribution is 6.32. The summed E-state index contributed by atoms with van der Waals surface area (Å²) in [5, 5.41) is -0.00857. The van der Waals surface area contributed by atoms with E-state index in [2.05, 4.69) is 4.74 Å². The van der Waals surface area contributed by atoms with Gasteiger partial charge in [0.1, 0.15) is 11.3 Å². The lowest BCUT2D eigenvalue weighted by Crippen LogP contribution is -2.06. The van der Waals surface area contributed by atoms with Gasteiger partial charge >= 0.3 is 12.1 Å². The Morgan fingerprint density at radius 3 is 2.59 bits per heavy atom. The largest absolute Gasteiger partial charge is 0.469 e. The summed E-state index contributed by atoms with van der Waals surface area (Å²) in [4.78, 5) is 11.4. The van der Waals surface area contributed by atoms with Crippen LogP contribution in [0.3, 0.4) is 0 Å². The highest BCUT2D eigenvalue weighted by atomic mass is 35.5. The van der Waals surface area contributed by atoms with Crippen molar-refractivity contribution >= 4 is 28.5 Å². The van der Waals surface area contributed by atoms with E-state index < -0.39 is 34.3 Å². The standard InChI is InChI=1S/C18H11ClF4O4/c1-25-16(24)4-9-8-26-15-3-2-11(7-12(9)15)27-17-13(19)5-10(6-14(17)20)18(21,22)23/h2-3,5-8H,4H2,1H3. The predicted octanol–water partition coefficient (Wildman–Crippen LogP) is 5.75.